The van der Waals surface area contributed by atoms with E-state index in [0.717, 1.165) is 5.56 Å². The third-order valence-corrected chi connectivity index (χ3v) is 3.68. The van der Waals surface area contributed by atoms with Crippen LogP contribution in [0.3, 0.4) is 0 Å². The van der Waals surface area contributed by atoms with E-state index in [0.29, 0.717) is 17.9 Å². The predicted molar refractivity (Wildman–Crippen MR) is 107 cm³/mol. The third kappa shape index (κ3) is 8.48. The van der Waals surface area contributed by atoms with Crippen LogP contribution in [0.1, 0.15) is 15.9 Å². The Morgan fingerprint density at radius 3 is 2.16 bits per heavy atom. The maximum absolute atomic E-state index is 12.2. The van der Waals surface area contributed by atoms with Crippen molar-refractivity contribution >= 4 is 17.7 Å². The van der Waals surface area contributed by atoms with Gasteiger partial charge in [-0.15, -0.1) is 0 Å². The number of ether oxygens (including phenoxy) is 2. The van der Waals surface area contributed by atoms with Crippen LogP contribution < -0.4 is 15.2 Å². The lowest BCUT2D eigenvalue weighted by Gasteiger charge is -2.14. The molecule has 11 heteroatoms. The zero-order valence-electron chi connectivity index (χ0n) is 16.7. The molecule has 0 heterocycles. The summed E-state index contributed by atoms with van der Waals surface area (Å²) in [6, 6.07) is 13.5. The van der Waals surface area contributed by atoms with Crippen LogP contribution in [-0.4, -0.2) is 47.3 Å². The maximum atomic E-state index is 12.2. The molecule has 0 fully saturated rings. The van der Waals surface area contributed by atoms with E-state index in [1.165, 1.54) is 19.3 Å². The lowest BCUT2D eigenvalue weighted by atomic mass is 10.1. The SMILES string of the molecule is COc1ccccc1OC(C=CC(=O)c1cccc(CN)c1)C(=O)O.O=C(O)C(F)(F)F. The fourth-order valence-electron chi connectivity index (χ4n) is 2.15. The van der Waals surface area contributed by atoms with Crippen LogP contribution in [0.4, 0.5) is 13.2 Å². The van der Waals surface area contributed by atoms with Crippen LogP contribution in [0.15, 0.2) is 60.7 Å². The van der Waals surface area contributed by atoms with Gasteiger partial charge in [0.05, 0.1) is 7.11 Å². The summed E-state index contributed by atoms with van der Waals surface area (Å²) in [6.45, 7) is 0.319. The molecule has 0 aromatic heterocycles. The Kier molecular flexibility index (Phi) is 9.90. The number of alkyl halides is 3. The standard InChI is InChI=1S/C19H19NO5.C2HF3O2/c1-24-16-7-2-3-8-17(16)25-18(19(22)23)10-9-15(21)14-6-4-5-13(11-14)12-20;3-2(4,5)1(6)7/h2-11,18H,12,20H2,1H3,(H,22,23);(H,6,7). The number of nitrogens with two attached hydrogens (primary N) is 1. The summed E-state index contributed by atoms with van der Waals surface area (Å²) in [4.78, 5) is 32.5. The lowest BCUT2D eigenvalue weighted by Crippen LogP contribution is -2.25. The van der Waals surface area contributed by atoms with E-state index < -0.39 is 24.2 Å². The van der Waals surface area contributed by atoms with Gasteiger partial charge >= 0.3 is 18.1 Å². The second kappa shape index (κ2) is 12.1. The number of ketones is 1. The second-order valence-electron chi connectivity index (χ2n) is 5.96. The first kappa shape index (κ1) is 26.2. The molecule has 0 aliphatic heterocycles. The number of halogens is 3. The van der Waals surface area contributed by atoms with E-state index in [4.69, 9.17) is 25.1 Å². The largest absolute Gasteiger partial charge is 0.493 e. The highest BCUT2D eigenvalue weighted by molar-refractivity contribution is 6.05. The quantitative estimate of drug-likeness (QED) is 0.408. The second-order valence-corrected chi connectivity index (χ2v) is 5.96. The lowest BCUT2D eigenvalue weighted by molar-refractivity contribution is -0.192. The van der Waals surface area contributed by atoms with Crippen LogP contribution in [0.2, 0.25) is 0 Å². The summed E-state index contributed by atoms with van der Waals surface area (Å²) in [6.07, 6.45) is -4.02. The number of para-hydroxylation sites is 2. The Morgan fingerprint density at radius 1 is 1.06 bits per heavy atom. The van der Waals surface area contributed by atoms with Crippen LogP contribution in [0.25, 0.3) is 0 Å². The van der Waals surface area contributed by atoms with Gasteiger partial charge in [-0.1, -0.05) is 30.3 Å². The highest BCUT2D eigenvalue weighted by Gasteiger charge is 2.38. The van der Waals surface area contributed by atoms with Crippen LogP contribution in [-0.2, 0) is 16.1 Å². The van der Waals surface area contributed by atoms with Crippen molar-refractivity contribution < 1.29 is 47.2 Å². The molecule has 0 radical (unpaired) electrons. The first-order valence-corrected chi connectivity index (χ1v) is 8.83. The molecule has 0 saturated heterocycles. The number of methoxy groups -OCH3 is 1. The number of rotatable bonds is 8. The summed E-state index contributed by atoms with van der Waals surface area (Å²) < 4.78 is 42.3. The van der Waals surface area contributed by atoms with Crippen molar-refractivity contribution in [1.82, 2.24) is 0 Å². The topological polar surface area (TPSA) is 136 Å². The van der Waals surface area contributed by atoms with E-state index >= 15 is 0 Å². The Bertz CT molecular complexity index is 974. The summed E-state index contributed by atoms with van der Waals surface area (Å²) in [5.41, 5.74) is 6.81. The molecular formula is C21H20F3NO7. The molecule has 172 valence electrons. The fraction of sp³-hybridized carbons (Fsp3) is 0.190. The summed E-state index contributed by atoms with van der Waals surface area (Å²) in [7, 11) is 1.46. The Balaban J connectivity index is 0.000000633. The molecule has 0 spiro atoms. The van der Waals surface area contributed by atoms with Gasteiger partial charge in [-0.3, -0.25) is 4.79 Å². The Hall–Kier alpha value is -3.86. The molecule has 0 aliphatic carbocycles. The summed E-state index contributed by atoms with van der Waals surface area (Å²) in [5.74, 6) is -3.62. The molecule has 8 nitrogen and oxygen atoms in total. The number of carboxylic acids is 2. The Labute approximate surface area is 180 Å². The number of hydrogen-bond acceptors (Lipinski definition) is 6. The number of carbonyl (C=O) groups excluding carboxylic acids is 1. The zero-order chi connectivity index (χ0) is 24.3. The number of aliphatic carboxylic acids is 2. The first-order valence-electron chi connectivity index (χ1n) is 8.83. The molecule has 2 rings (SSSR count). The van der Waals surface area contributed by atoms with E-state index in [1.54, 1.807) is 42.5 Å². The average Bonchev–Trinajstić information content (AvgIpc) is 2.76. The van der Waals surface area contributed by atoms with Gasteiger partial charge in [0, 0.05) is 12.1 Å². The minimum absolute atomic E-state index is 0.277. The van der Waals surface area contributed by atoms with Crippen molar-refractivity contribution in [3.63, 3.8) is 0 Å². The van der Waals surface area contributed by atoms with Crippen molar-refractivity contribution in [3.05, 3.63) is 71.8 Å². The number of carbonyl (C=O) groups is 3. The molecular weight excluding hydrogens is 435 g/mol. The fourth-order valence-corrected chi connectivity index (χ4v) is 2.15. The van der Waals surface area contributed by atoms with Gasteiger partial charge in [-0.05, 0) is 35.9 Å². The molecule has 2 aromatic carbocycles. The maximum Gasteiger partial charge on any atom is 0.490 e. The number of allylic oxidation sites excluding steroid dienone is 1. The number of hydrogen-bond donors (Lipinski definition) is 3. The molecule has 0 aliphatic rings. The van der Waals surface area contributed by atoms with Gasteiger partial charge in [0.1, 0.15) is 0 Å². The van der Waals surface area contributed by atoms with Crippen LogP contribution in [0.5, 0.6) is 11.5 Å². The van der Waals surface area contributed by atoms with Gasteiger partial charge in [-0.25, -0.2) is 9.59 Å². The van der Waals surface area contributed by atoms with Gasteiger partial charge < -0.3 is 25.4 Å². The smallest absolute Gasteiger partial charge is 0.490 e. The van der Waals surface area contributed by atoms with Gasteiger partial charge in [0.15, 0.2) is 17.3 Å². The molecule has 1 atom stereocenters. The van der Waals surface area contributed by atoms with Crippen LogP contribution >= 0.6 is 0 Å². The van der Waals surface area contributed by atoms with E-state index in [9.17, 15) is 27.9 Å². The molecule has 0 saturated carbocycles. The highest BCUT2D eigenvalue weighted by Crippen LogP contribution is 2.27. The molecule has 2 aromatic rings. The van der Waals surface area contributed by atoms with E-state index in [2.05, 4.69) is 0 Å². The van der Waals surface area contributed by atoms with Crippen molar-refractivity contribution in [3.8, 4) is 11.5 Å². The van der Waals surface area contributed by atoms with Gasteiger partial charge in [0.25, 0.3) is 0 Å². The predicted octanol–water partition coefficient (Wildman–Crippen LogP) is 3.06. The molecule has 0 bridgehead atoms. The normalized spacial score (nSPS) is 11.8. The van der Waals surface area contributed by atoms with Gasteiger partial charge in [0.2, 0.25) is 6.10 Å². The minimum atomic E-state index is -5.08. The van der Waals surface area contributed by atoms with Crippen molar-refractivity contribution in [2.24, 2.45) is 5.73 Å². The first-order chi connectivity index (χ1) is 15.0. The molecule has 4 N–H and O–H groups in total. The summed E-state index contributed by atoms with van der Waals surface area (Å²) in [5, 5.41) is 16.4. The zero-order valence-corrected chi connectivity index (χ0v) is 16.7. The highest BCUT2D eigenvalue weighted by atomic mass is 19.4. The molecule has 1 unspecified atom stereocenters. The third-order valence-electron chi connectivity index (χ3n) is 3.68. The number of carboxylic acid groups (broad SMARTS) is 2. The van der Waals surface area contributed by atoms with Crippen molar-refractivity contribution in [2.45, 2.75) is 18.8 Å². The Morgan fingerprint density at radius 2 is 1.66 bits per heavy atom. The van der Waals surface area contributed by atoms with E-state index in [1.807, 2.05) is 6.07 Å². The molecule has 32 heavy (non-hydrogen) atoms. The minimum Gasteiger partial charge on any atom is -0.493 e. The van der Waals surface area contributed by atoms with E-state index in [-0.39, 0.29) is 11.5 Å². The van der Waals surface area contributed by atoms with Gasteiger partial charge in [-0.2, -0.15) is 13.2 Å². The molecule has 0 amide bonds. The number of benzene rings is 2. The van der Waals surface area contributed by atoms with Crippen LogP contribution in [0, 0.1) is 0 Å². The van der Waals surface area contributed by atoms with Crippen molar-refractivity contribution in [1.29, 1.82) is 0 Å². The monoisotopic (exact) mass is 455 g/mol. The van der Waals surface area contributed by atoms with Crippen molar-refractivity contribution in [2.75, 3.05) is 7.11 Å². The summed E-state index contributed by atoms with van der Waals surface area (Å²) >= 11 is 0. The average molecular weight is 455 g/mol.